The number of allylic oxidation sites excluding steroid dienone is 3. The fourth-order valence-electron chi connectivity index (χ4n) is 2.63. The Morgan fingerprint density at radius 1 is 1.04 bits per heavy atom. The molecule has 1 aromatic rings. The molecule has 0 aliphatic carbocycles. The largest absolute Gasteiger partial charge is 0.381 e. The molecule has 0 unspecified atom stereocenters. The van der Waals surface area contributed by atoms with Gasteiger partial charge in [0.25, 0.3) is 0 Å². The van der Waals surface area contributed by atoms with Crippen LogP contribution in [0.25, 0.3) is 0 Å². The van der Waals surface area contributed by atoms with Crippen molar-refractivity contribution in [2.24, 2.45) is 0 Å². The summed E-state index contributed by atoms with van der Waals surface area (Å²) in [4.78, 5) is 6.44. The van der Waals surface area contributed by atoms with Crippen molar-refractivity contribution in [1.29, 1.82) is 10.5 Å². The molecule has 0 aromatic heterocycles. The van der Waals surface area contributed by atoms with Gasteiger partial charge < -0.3 is 14.7 Å². The first-order valence-electron chi connectivity index (χ1n) is 8.02. The van der Waals surface area contributed by atoms with E-state index in [1.807, 2.05) is 62.3 Å². The molecule has 1 aliphatic rings. The summed E-state index contributed by atoms with van der Waals surface area (Å²) >= 11 is 0. The lowest BCUT2D eigenvalue weighted by atomic mass is 10.1. The molecule has 2 rings (SSSR count). The van der Waals surface area contributed by atoms with E-state index in [2.05, 4.69) is 21.9 Å². The van der Waals surface area contributed by atoms with Gasteiger partial charge in [-0.15, -0.1) is 0 Å². The first kappa shape index (κ1) is 17.4. The number of hydrogen-bond acceptors (Lipinski definition) is 5. The van der Waals surface area contributed by atoms with Crippen LogP contribution in [0.2, 0.25) is 0 Å². The van der Waals surface area contributed by atoms with Crippen molar-refractivity contribution in [2.45, 2.75) is 6.92 Å². The van der Waals surface area contributed by atoms with Crippen molar-refractivity contribution in [2.75, 3.05) is 45.2 Å². The number of hydrogen-bond donors (Lipinski definition) is 0. The number of rotatable bonds is 4. The zero-order valence-corrected chi connectivity index (χ0v) is 14.5. The second-order valence-corrected chi connectivity index (χ2v) is 5.97. The molecule has 124 valence electrons. The molecular weight excluding hydrogens is 298 g/mol. The highest BCUT2D eigenvalue weighted by atomic mass is 15.3. The summed E-state index contributed by atoms with van der Waals surface area (Å²) in [7, 11) is 3.91. The van der Waals surface area contributed by atoms with Crippen LogP contribution in [0.4, 0.5) is 5.69 Å². The third-order valence-electron chi connectivity index (χ3n) is 4.27. The van der Waals surface area contributed by atoms with Gasteiger partial charge >= 0.3 is 0 Å². The minimum atomic E-state index is 0.171. The van der Waals surface area contributed by atoms with Crippen molar-refractivity contribution in [1.82, 2.24) is 9.80 Å². The molecule has 1 aromatic carbocycles. The van der Waals surface area contributed by atoms with Gasteiger partial charge in [0.05, 0.1) is 5.70 Å². The average Bonchev–Trinajstić information content (AvgIpc) is 2.62. The molecule has 0 bridgehead atoms. The van der Waals surface area contributed by atoms with E-state index in [4.69, 9.17) is 0 Å². The summed E-state index contributed by atoms with van der Waals surface area (Å²) in [5.41, 5.74) is 3.12. The molecule has 1 saturated heterocycles. The smallest absolute Gasteiger partial charge is 0.152 e. The molecule has 0 amide bonds. The summed E-state index contributed by atoms with van der Waals surface area (Å²) in [6.45, 7) is 5.29. The molecule has 24 heavy (non-hydrogen) atoms. The van der Waals surface area contributed by atoms with E-state index < -0.39 is 0 Å². The fourth-order valence-corrected chi connectivity index (χ4v) is 2.63. The zero-order valence-electron chi connectivity index (χ0n) is 14.5. The van der Waals surface area contributed by atoms with E-state index in [1.165, 1.54) is 5.69 Å². The molecule has 0 spiro atoms. The maximum absolute atomic E-state index is 9.30. The molecule has 0 N–H and O–H groups in total. The third-order valence-corrected chi connectivity index (χ3v) is 4.27. The van der Waals surface area contributed by atoms with E-state index in [9.17, 15) is 10.5 Å². The summed E-state index contributed by atoms with van der Waals surface area (Å²) in [6, 6.07) is 14.4. The number of piperazine rings is 1. The Hall–Kier alpha value is -2.92. The van der Waals surface area contributed by atoms with Gasteiger partial charge in [-0.05, 0) is 25.1 Å². The Kier molecular flexibility index (Phi) is 5.87. The van der Waals surface area contributed by atoms with Crippen molar-refractivity contribution >= 4 is 5.69 Å². The van der Waals surface area contributed by atoms with Crippen LogP contribution in [0.3, 0.4) is 0 Å². The number of anilines is 1. The van der Waals surface area contributed by atoms with Crippen LogP contribution in [0.15, 0.2) is 53.4 Å². The minimum Gasteiger partial charge on any atom is -0.381 e. The van der Waals surface area contributed by atoms with Crippen LogP contribution in [0.5, 0.6) is 0 Å². The molecule has 5 nitrogen and oxygen atoms in total. The molecule has 0 atom stereocenters. The van der Waals surface area contributed by atoms with E-state index in [1.54, 1.807) is 0 Å². The first-order valence-corrected chi connectivity index (χ1v) is 8.02. The van der Waals surface area contributed by atoms with Crippen molar-refractivity contribution in [3.8, 4) is 12.1 Å². The summed E-state index contributed by atoms with van der Waals surface area (Å²) < 4.78 is 0. The number of nitrogens with zero attached hydrogens (tertiary/aromatic N) is 5. The molecule has 0 radical (unpaired) electrons. The standard InChI is InChI=1S/C19H23N5/c1-16(22(2)3)13-19(17(14-20)15-21)24-11-9-23(10-12-24)18-7-5-4-6-8-18/h4-8,13H,9-12H2,1-3H3/b16-13-. The van der Waals surface area contributed by atoms with Gasteiger partial charge in [0.1, 0.15) is 12.1 Å². The van der Waals surface area contributed by atoms with Crippen LogP contribution >= 0.6 is 0 Å². The summed E-state index contributed by atoms with van der Waals surface area (Å²) in [5.74, 6) is 0. The fraction of sp³-hybridized carbons (Fsp3) is 0.368. The first-order chi connectivity index (χ1) is 11.6. The quantitative estimate of drug-likeness (QED) is 0.630. The maximum atomic E-state index is 9.30. The van der Waals surface area contributed by atoms with Crippen LogP contribution in [-0.4, -0.2) is 50.1 Å². The van der Waals surface area contributed by atoms with Gasteiger partial charge in [-0.2, -0.15) is 10.5 Å². The average molecular weight is 321 g/mol. The Labute approximate surface area is 144 Å². The van der Waals surface area contributed by atoms with Crippen LogP contribution < -0.4 is 4.90 Å². The van der Waals surface area contributed by atoms with Gasteiger partial charge in [0.2, 0.25) is 0 Å². The molecule has 1 aliphatic heterocycles. The van der Waals surface area contributed by atoms with Gasteiger partial charge in [-0.1, -0.05) is 18.2 Å². The Morgan fingerprint density at radius 3 is 2.12 bits per heavy atom. The molecule has 5 heteroatoms. The van der Waals surface area contributed by atoms with E-state index >= 15 is 0 Å². The van der Waals surface area contributed by atoms with Crippen molar-refractivity contribution in [3.05, 3.63) is 53.4 Å². The zero-order chi connectivity index (χ0) is 17.5. The van der Waals surface area contributed by atoms with E-state index in [0.717, 1.165) is 37.6 Å². The van der Waals surface area contributed by atoms with Crippen molar-refractivity contribution in [3.63, 3.8) is 0 Å². The van der Waals surface area contributed by atoms with Gasteiger partial charge in [-0.3, -0.25) is 0 Å². The lowest BCUT2D eigenvalue weighted by Gasteiger charge is -2.38. The maximum Gasteiger partial charge on any atom is 0.152 e. The molecule has 1 heterocycles. The highest BCUT2D eigenvalue weighted by Crippen LogP contribution is 2.20. The van der Waals surface area contributed by atoms with Crippen molar-refractivity contribution < 1.29 is 0 Å². The minimum absolute atomic E-state index is 0.171. The summed E-state index contributed by atoms with van der Waals surface area (Å²) in [6.07, 6.45) is 1.93. The lowest BCUT2D eigenvalue weighted by Crippen LogP contribution is -2.46. The predicted molar refractivity (Wildman–Crippen MR) is 95.9 cm³/mol. The molecular formula is C19H23N5. The van der Waals surface area contributed by atoms with E-state index in [0.29, 0.717) is 0 Å². The number of nitriles is 2. The second-order valence-electron chi connectivity index (χ2n) is 5.97. The molecule has 1 fully saturated rings. The normalized spacial score (nSPS) is 14.6. The highest BCUT2D eigenvalue weighted by Gasteiger charge is 2.21. The van der Waals surface area contributed by atoms with Crippen LogP contribution in [0, 0.1) is 22.7 Å². The number of benzene rings is 1. The van der Waals surface area contributed by atoms with Crippen LogP contribution in [0.1, 0.15) is 6.92 Å². The SMILES string of the molecule is C/C(=C/C(=C(C#N)C#N)N1CCN(c2ccccc2)CC1)N(C)C. The van der Waals surface area contributed by atoms with Crippen LogP contribution in [-0.2, 0) is 0 Å². The lowest BCUT2D eigenvalue weighted by molar-refractivity contribution is 0.328. The molecule has 0 saturated carbocycles. The second kappa shape index (κ2) is 8.08. The monoisotopic (exact) mass is 321 g/mol. The van der Waals surface area contributed by atoms with Gasteiger partial charge in [-0.25, -0.2) is 0 Å². The topological polar surface area (TPSA) is 57.3 Å². The Morgan fingerprint density at radius 2 is 1.62 bits per heavy atom. The predicted octanol–water partition coefficient (Wildman–Crippen LogP) is 2.58. The Bertz CT molecular complexity index is 680. The number of para-hydroxylation sites is 1. The third kappa shape index (κ3) is 4.08. The van der Waals surface area contributed by atoms with Gasteiger partial charge in [0, 0.05) is 51.7 Å². The van der Waals surface area contributed by atoms with Gasteiger partial charge in [0.15, 0.2) is 5.57 Å². The highest BCUT2D eigenvalue weighted by molar-refractivity contribution is 5.48. The van der Waals surface area contributed by atoms with E-state index in [-0.39, 0.29) is 5.57 Å². The Balaban J connectivity index is 2.20. The summed E-state index contributed by atoms with van der Waals surface area (Å²) in [5, 5.41) is 18.6.